The van der Waals surface area contributed by atoms with E-state index >= 15 is 0 Å². The highest BCUT2D eigenvalue weighted by Gasteiger charge is 2.33. The van der Waals surface area contributed by atoms with Crippen LogP contribution in [-0.2, 0) is 0 Å². The first-order valence-electron chi connectivity index (χ1n) is 3.52. The highest BCUT2D eigenvalue weighted by atomic mass is 127. The Hall–Kier alpha value is -0.280. The van der Waals surface area contributed by atoms with Crippen LogP contribution >= 0.6 is 45.8 Å². The first kappa shape index (κ1) is 13.8. The molecule has 3 nitrogen and oxygen atoms in total. The maximum atomic E-state index is 11.9. The van der Waals surface area contributed by atoms with Crippen molar-refractivity contribution < 1.29 is 22.7 Å². The van der Waals surface area contributed by atoms with E-state index in [4.69, 9.17) is 23.2 Å². The molecule has 0 N–H and O–H groups in total. The number of alkyl halides is 3. The van der Waals surface area contributed by atoms with Crippen LogP contribution in [0.2, 0.25) is 5.02 Å². The number of nitrogens with zero attached hydrogens (tertiary/aromatic N) is 1. The Bertz CT molecular complexity index is 438. The average molecular weight is 386 g/mol. The molecule has 0 aliphatic carbocycles. The fourth-order valence-corrected chi connectivity index (χ4v) is 1.71. The Labute approximate surface area is 111 Å². The molecule has 1 rings (SSSR count). The number of carbonyl (C=O) groups excluding carboxylic acids is 1. The normalized spacial score (nSPS) is 11.4. The van der Waals surface area contributed by atoms with E-state index in [-0.39, 0.29) is 14.2 Å². The van der Waals surface area contributed by atoms with E-state index in [1.54, 1.807) is 0 Å². The fraction of sp³-hybridized carbons (Fsp3) is 0.143. The summed E-state index contributed by atoms with van der Waals surface area (Å²) >= 11 is 12.2. The third kappa shape index (κ3) is 3.36. The Morgan fingerprint density at radius 3 is 2.50 bits per heavy atom. The Kier molecular flexibility index (Phi) is 4.24. The summed E-state index contributed by atoms with van der Waals surface area (Å²) < 4.78 is 39.2. The van der Waals surface area contributed by atoms with Crippen LogP contribution in [0.1, 0.15) is 10.4 Å². The minimum Gasteiger partial charge on any atom is -0.387 e. The number of halogens is 6. The van der Waals surface area contributed by atoms with Crippen molar-refractivity contribution in [2.24, 2.45) is 0 Å². The first-order chi connectivity index (χ1) is 7.22. The average Bonchev–Trinajstić information content (AvgIpc) is 2.10. The SMILES string of the molecule is O=C(Cl)c1cnc(OC(F)(F)F)c(I)c1Cl. The van der Waals surface area contributed by atoms with Gasteiger partial charge < -0.3 is 4.74 Å². The summed E-state index contributed by atoms with van der Waals surface area (Å²) in [6.07, 6.45) is -4.05. The van der Waals surface area contributed by atoms with E-state index in [1.807, 2.05) is 0 Å². The zero-order valence-corrected chi connectivity index (χ0v) is 10.8. The van der Waals surface area contributed by atoms with E-state index in [1.165, 1.54) is 22.6 Å². The Morgan fingerprint density at radius 1 is 1.50 bits per heavy atom. The van der Waals surface area contributed by atoms with Crippen molar-refractivity contribution in [3.8, 4) is 5.88 Å². The van der Waals surface area contributed by atoms with Crippen LogP contribution in [0.25, 0.3) is 0 Å². The number of carbonyl (C=O) groups is 1. The van der Waals surface area contributed by atoms with Gasteiger partial charge >= 0.3 is 6.36 Å². The number of aromatic nitrogens is 1. The van der Waals surface area contributed by atoms with E-state index in [0.29, 0.717) is 0 Å². The number of hydrogen-bond acceptors (Lipinski definition) is 3. The topological polar surface area (TPSA) is 39.2 Å². The number of hydrogen-bond donors (Lipinski definition) is 0. The Balaban J connectivity index is 3.17. The van der Waals surface area contributed by atoms with Crippen LogP contribution in [0.3, 0.4) is 0 Å². The third-order valence-electron chi connectivity index (χ3n) is 1.35. The second kappa shape index (κ2) is 4.92. The zero-order chi connectivity index (χ0) is 12.5. The van der Waals surface area contributed by atoms with Gasteiger partial charge in [0.15, 0.2) is 0 Å². The third-order valence-corrected chi connectivity index (χ3v) is 3.27. The van der Waals surface area contributed by atoms with Crippen molar-refractivity contribution in [3.63, 3.8) is 0 Å². The molecule has 1 heterocycles. The summed E-state index contributed by atoms with van der Waals surface area (Å²) in [7, 11) is 0. The fourth-order valence-electron chi connectivity index (χ4n) is 0.766. The zero-order valence-electron chi connectivity index (χ0n) is 7.11. The minimum absolute atomic E-state index is 0.136. The van der Waals surface area contributed by atoms with Gasteiger partial charge in [0.05, 0.1) is 14.2 Å². The van der Waals surface area contributed by atoms with E-state index in [9.17, 15) is 18.0 Å². The highest BCUT2D eigenvalue weighted by Crippen LogP contribution is 2.32. The maximum Gasteiger partial charge on any atom is 0.574 e. The molecule has 0 amide bonds. The maximum absolute atomic E-state index is 11.9. The van der Waals surface area contributed by atoms with Gasteiger partial charge in [-0.1, -0.05) is 11.6 Å². The molecule has 0 aliphatic rings. The number of ether oxygens (including phenoxy) is 1. The van der Waals surface area contributed by atoms with Gasteiger partial charge in [-0.2, -0.15) is 0 Å². The predicted molar refractivity (Wildman–Crippen MR) is 58.8 cm³/mol. The van der Waals surface area contributed by atoms with Gasteiger partial charge in [-0.15, -0.1) is 13.2 Å². The molecule has 1 aromatic rings. The summed E-state index contributed by atoms with van der Waals surface area (Å²) in [5.41, 5.74) is -0.178. The van der Waals surface area contributed by atoms with Gasteiger partial charge in [0.2, 0.25) is 5.88 Å². The standard InChI is InChI=1S/C7HCl2F3INO2/c8-3-2(5(9)15)1-14-6(4(3)13)16-7(10,11)12/h1H. The van der Waals surface area contributed by atoms with E-state index in [0.717, 1.165) is 6.20 Å². The first-order valence-corrected chi connectivity index (χ1v) is 5.35. The lowest BCUT2D eigenvalue weighted by Crippen LogP contribution is -2.19. The smallest absolute Gasteiger partial charge is 0.387 e. The molecule has 16 heavy (non-hydrogen) atoms. The molecule has 0 aliphatic heterocycles. The van der Waals surface area contributed by atoms with Crippen molar-refractivity contribution in [2.45, 2.75) is 6.36 Å². The van der Waals surface area contributed by atoms with Crippen molar-refractivity contribution >= 4 is 51.0 Å². The van der Waals surface area contributed by atoms with Gasteiger partial charge in [-0.3, -0.25) is 4.79 Å². The molecular weight excluding hydrogens is 385 g/mol. The molecule has 0 unspecified atom stereocenters. The van der Waals surface area contributed by atoms with Gasteiger partial charge in [-0.25, -0.2) is 4.98 Å². The van der Waals surface area contributed by atoms with Crippen molar-refractivity contribution in [1.29, 1.82) is 0 Å². The lowest BCUT2D eigenvalue weighted by Gasteiger charge is -2.10. The summed E-state index contributed by atoms with van der Waals surface area (Å²) in [6, 6.07) is 0. The lowest BCUT2D eigenvalue weighted by molar-refractivity contribution is -0.276. The number of pyridine rings is 1. The second-order valence-electron chi connectivity index (χ2n) is 2.43. The molecule has 0 radical (unpaired) electrons. The second-order valence-corrected chi connectivity index (χ2v) is 4.23. The molecule has 0 aromatic carbocycles. The molecule has 9 heteroatoms. The number of rotatable bonds is 2. The molecule has 0 bridgehead atoms. The van der Waals surface area contributed by atoms with Gasteiger partial charge in [0, 0.05) is 6.20 Å². The van der Waals surface area contributed by atoms with Crippen LogP contribution in [0.4, 0.5) is 13.2 Å². The van der Waals surface area contributed by atoms with Gasteiger partial charge in [0.1, 0.15) is 0 Å². The van der Waals surface area contributed by atoms with Gasteiger partial charge in [-0.05, 0) is 34.2 Å². The van der Waals surface area contributed by atoms with E-state index in [2.05, 4.69) is 9.72 Å². The Morgan fingerprint density at radius 2 is 2.06 bits per heavy atom. The van der Waals surface area contributed by atoms with E-state index < -0.39 is 17.5 Å². The summed E-state index contributed by atoms with van der Waals surface area (Å²) in [5, 5.41) is -1.14. The van der Waals surface area contributed by atoms with Crippen molar-refractivity contribution in [2.75, 3.05) is 0 Å². The van der Waals surface area contributed by atoms with Crippen LogP contribution in [-0.4, -0.2) is 16.6 Å². The molecule has 88 valence electrons. The molecule has 0 spiro atoms. The monoisotopic (exact) mass is 385 g/mol. The molecular formula is C7HCl2F3INO2. The molecule has 0 saturated carbocycles. The summed E-state index contributed by atoms with van der Waals surface area (Å²) in [6.45, 7) is 0. The predicted octanol–water partition coefficient (Wildman–Crippen LogP) is 3.62. The van der Waals surface area contributed by atoms with Crippen molar-refractivity contribution in [3.05, 3.63) is 20.4 Å². The van der Waals surface area contributed by atoms with Crippen LogP contribution in [0.15, 0.2) is 6.20 Å². The minimum atomic E-state index is -4.87. The molecule has 0 atom stereocenters. The van der Waals surface area contributed by atoms with Crippen LogP contribution < -0.4 is 4.74 Å². The molecule has 1 aromatic heterocycles. The van der Waals surface area contributed by atoms with Crippen molar-refractivity contribution in [1.82, 2.24) is 4.98 Å². The summed E-state index contributed by atoms with van der Waals surface area (Å²) in [4.78, 5) is 14.1. The van der Waals surface area contributed by atoms with Crippen LogP contribution in [0.5, 0.6) is 5.88 Å². The van der Waals surface area contributed by atoms with Crippen LogP contribution in [0, 0.1) is 3.57 Å². The summed E-state index contributed by atoms with van der Waals surface area (Å²) in [5.74, 6) is -0.722. The molecule has 0 saturated heterocycles. The largest absolute Gasteiger partial charge is 0.574 e. The quantitative estimate of drug-likeness (QED) is 0.576. The molecule has 0 fully saturated rings. The highest BCUT2D eigenvalue weighted by molar-refractivity contribution is 14.1. The lowest BCUT2D eigenvalue weighted by atomic mass is 10.3. The van der Waals surface area contributed by atoms with Gasteiger partial charge in [0.25, 0.3) is 5.24 Å².